The zero-order valence-electron chi connectivity index (χ0n) is 9.74. The molecule has 2 heterocycles. The minimum Gasteiger partial charge on any atom is -0.374 e. The van der Waals surface area contributed by atoms with Crippen molar-refractivity contribution in [1.29, 1.82) is 0 Å². The van der Waals surface area contributed by atoms with Crippen molar-refractivity contribution in [3.63, 3.8) is 0 Å². The summed E-state index contributed by atoms with van der Waals surface area (Å²) in [7, 11) is 0. The van der Waals surface area contributed by atoms with Gasteiger partial charge in [0, 0.05) is 12.3 Å². The molecule has 1 unspecified atom stereocenters. The molecule has 2 atom stereocenters. The van der Waals surface area contributed by atoms with Crippen molar-refractivity contribution in [2.24, 2.45) is 5.92 Å². The van der Waals surface area contributed by atoms with E-state index in [-0.39, 0.29) is 0 Å². The van der Waals surface area contributed by atoms with Crippen LogP contribution in [0, 0.1) is 5.92 Å². The smallest absolute Gasteiger partial charge is 0.203 e. The van der Waals surface area contributed by atoms with Gasteiger partial charge in [-0.05, 0) is 25.2 Å². The summed E-state index contributed by atoms with van der Waals surface area (Å²) in [6, 6.07) is 0. The summed E-state index contributed by atoms with van der Waals surface area (Å²) in [4.78, 5) is 0. The molecule has 3 rings (SSSR count). The van der Waals surface area contributed by atoms with Crippen LogP contribution in [0.5, 0.6) is 0 Å². The highest BCUT2D eigenvalue weighted by atomic mass is 32.1. The van der Waals surface area contributed by atoms with Crippen LogP contribution in [0.1, 0.15) is 35.2 Å². The van der Waals surface area contributed by atoms with E-state index in [1.165, 1.54) is 29.1 Å². The van der Waals surface area contributed by atoms with E-state index < -0.39 is 0 Å². The highest BCUT2D eigenvalue weighted by Gasteiger charge is 2.29. The summed E-state index contributed by atoms with van der Waals surface area (Å²) >= 11 is 2.99. The lowest BCUT2D eigenvalue weighted by Crippen LogP contribution is -2.00. The van der Waals surface area contributed by atoms with Gasteiger partial charge in [0.2, 0.25) is 10.3 Å². The third-order valence-corrected chi connectivity index (χ3v) is 4.98. The lowest BCUT2D eigenvalue weighted by Gasteiger charge is -2.06. The fourth-order valence-corrected chi connectivity index (χ4v) is 3.97. The van der Waals surface area contributed by atoms with Crippen LogP contribution in [0.2, 0.25) is 0 Å². The second-order valence-corrected chi connectivity index (χ2v) is 6.73. The first kappa shape index (κ1) is 11.8. The number of rotatable bonds is 3. The first-order valence-electron chi connectivity index (χ1n) is 5.87. The van der Waals surface area contributed by atoms with E-state index in [9.17, 15) is 0 Å². The first-order valence-corrected chi connectivity index (χ1v) is 7.50. The van der Waals surface area contributed by atoms with Crippen molar-refractivity contribution in [1.82, 2.24) is 20.4 Å². The molecule has 0 spiro atoms. The van der Waals surface area contributed by atoms with Gasteiger partial charge in [0.15, 0.2) is 0 Å². The van der Waals surface area contributed by atoms with Crippen LogP contribution >= 0.6 is 22.7 Å². The zero-order chi connectivity index (χ0) is 12.5. The Kier molecular flexibility index (Phi) is 3.13. The molecule has 2 aromatic rings. The van der Waals surface area contributed by atoms with Gasteiger partial charge in [-0.2, -0.15) is 0 Å². The second-order valence-electron chi connectivity index (χ2n) is 4.59. The van der Waals surface area contributed by atoms with Crippen LogP contribution in [-0.4, -0.2) is 20.4 Å². The number of hydrogen-bond donors (Lipinski definition) is 2. The highest BCUT2D eigenvalue weighted by molar-refractivity contribution is 7.15. The molecule has 6 nitrogen and oxygen atoms in total. The zero-order valence-corrected chi connectivity index (χ0v) is 11.4. The van der Waals surface area contributed by atoms with Crippen molar-refractivity contribution in [3.8, 4) is 0 Å². The van der Waals surface area contributed by atoms with E-state index in [1.807, 2.05) is 0 Å². The van der Waals surface area contributed by atoms with Gasteiger partial charge in [-0.15, -0.1) is 20.4 Å². The Morgan fingerprint density at radius 2 is 1.78 bits per heavy atom. The van der Waals surface area contributed by atoms with Crippen molar-refractivity contribution in [2.75, 3.05) is 11.5 Å². The summed E-state index contributed by atoms with van der Waals surface area (Å²) < 4.78 is 0. The average molecular weight is 282 g/mol. The van der Waals surface area contributed by atoms with Crippen LogP contribution in [0.25, 0.3) is 0 Å². The van der Waals surface area contributed by atoms with Gasteiger partial charge in [-0.25, -0.2) is 0 Å². The molecule has 8 heteroatoms. The highest BCUT2D eigenvalue weighted by Crippen LogP contribution is 2.41. The lowest BCUT2D eigenvalue weighted by atomic mass is 10.0. The fraction of sp³-hybridized carbons (Fsp3) is 0.600. The third kappa shape index (κ3) is 2.44. The minimum atomic E-state index is 0.509. The maximum Gasteiger partial charge on any atom is 0.203 e. The Hall–Kier alpha value is -1.28. The second kappa shape index (κ2) is 4.77. The fourth-order valence-electron chi connectivity index (χ4n) is 2.49. The average Bonchev–Trinajstić information content (AvgIpc) is 3.01. The molecule has 1 aliphatic rings. The Morgan fingerprint density at radius 3 is 2.44 bits per heavy atom. The van der Waals surface area contributed by atoms with E-state index in [0.717, 1.165) is 29.3 Å². The molecule has 0 saturated heterocycles. The summed E-state index contributed by atoms with van der Waals surface area (Å²) in [5.41, 5.74) is 11.2. The molecule has 0 radical (unpaired) electrons. The number of hydrogen-bond acceptors (Lipinski definition) is 8. The molecule has 1 saturated carbocycles. The van der Waals surface area contributed by atoms with E-state index in [1.54, 1.807) is 0 Å². The summed E-state index contributed by atoms with van der Waals surface area (Å²) in [5.74, 6) is 1.16. The third-order valence-electron chi connectivity index (χ3n) is 3.29. The minimum absolute atomic E-state index is 0.509. The summed E-state index contributed by atoms with van der Waals surface area (Å²) in [5, 5.41) is 19.2. The van der Waals surface area contributed by atoms with Gasteiger partial charge in [-0.1, -0.05) is 22.7 Å². The summed E-state index contributed by atoms with van der Waals surface area (Å²) in [6.07, 6.45) is 4.46. The molecule has 0 aromatic carbocycles. The van der Waals surface area contributed by atoms with Crippen molar-refractivity contribution >= 4 is 32.9 Å². The lowest BCUT2D eigenvalue weighted by molar-refractivity contribution is 0.531. The number of aromatic nitrogens is 4. The van der Waals surface area contributed by atoms with Crippen LogP contribution in [0.15, 0.2) is 0 Å². The quantitative estimate of drug-likeness (QED) is 0.887. The maximum atomic E-state index is 5.62. The van der Waals surface area contributed by atoms with Crippen molar-refractivity contribution in [3.05, 3.63) is 10.0 Å². The molecule has 0 aliphatic heterocycles. The van der Waals surface area contributed by atoms with E-state index in [2.05, 4.69) is 20.4 Å². The molecular weight excluding hydrogens is 268 g/mol. The topological polar surface area (TPSA) is 104 Å². The molecule has 0 bridgehead atoms. The Balaban J connectivity index is 1.61. The Bertz CT molecular complexity index is 536. The van der Waals surface area contributed by atoms with Gasteiger partial charge >= 0.3 is 0 Å². The predicted octanol–water partition coefficient (Wildman–Crippen LogP) is 1.68. The number of anilines is 2. The Labute approximate surface area is 112 Å². The largest absolute Gasteiger partial charge is 0.374 e. The van der Waals surface area contributed by atoms with E-state index in [0.29, 0.717) is 22.1 Å². The van der Waals surface area contributed by atoms with Crippen LogP contribution in [0.3, 0.4) is 0 Å². The van der Waals surface area contributed by atoms with E-state index in [4.69, 9.17) is 11.5 Å². The molecule has 2 aromatic heterocycles. The van der Waals surface area contributed by atoms with Crippen LogP contribution < -0.4 is 11.5 Å². The van der Waals surface area contributed by atoms with Gasteiger partial charge in [0.1, 0.15) is 10.0 Å². The normalized spacial score (nSPS) is 23.6. The maximum absolute atomic E-state index is 5.62. The predicted molar refractivity (Wildman–Crippen MR) is 72.4 cm³/mol. The SMILES string of the molecule is Nc1nnc(C[C@H]2CCC(c3nnc(N)s3)C2)s1. The molecule has 96 valence electrons. The molecular formula is C10H14N6S2. The number of nitrogen functional groups attached to an aromatic ring is 2. The van der Waals surface area contributed by atoms with E-state index >= 15 is 0 Å². The van der Waals surface area contributed by atoms with Gasteiger partial charge in [0.05, 0.1) is 0 Å². The monoisotopic (exact) mass is 282 g/mol. The molecule has 18 heavy (non-hydrogen) atoms. The summed E-state index contributed by atoms with van der Waals surface area (Å²) in [6.45, 7) is 0. The van der Waals surface area contributed by atoms with Gasteiger partial charge < -0.3 is 11.5 Å². The molecule has 0 amide bonds. The Morgan fingerprint density at radius 1 is 1.00 bits per heavy atom. The van der Waals surface area contributed by atoms with Crippen molar-refractivity contribution in [2.45, 2.75) is 31.6 Å². The standard InChI is InChI=1S/C10H14N6S2/c11-9-15-13-7(17-9)4-5-1-2-6(3-5)8-14-16-10(12)18-8/h5-6H,1-4H2,(H2,11,15)(H2,12,16)/t5-,6?/m0/s1. The van der Waals surface area contributed by atoms with Crippen LogP contribution in [0.4, 0.5) is 10.3 Å². The molecule has 4 N–H and O–H groups in total. The number of nitrogens with zero attached hydrogens (tertiary/aromatic N) is 4. The molecule has 1 fully saturated rings. The van der Waals surface area contributed by atoms with Crippen molar-refractivity contribution < 1.29 is 0 Å². The van der Waals surface area contributed by atoms with Gasteiger partial charge in [-0.3, -0.25) is 0 Å². The molecule has 1 aliphatic carbocycles. The van der Waals surface area contributed by atoms with Gasteiger partial charge in [0.25, 0.3) is 0 Å². The van der Waals surface area contributed by atoms with Crippen LogP contribution in [-0.2, 0) is 6.42 Å². The first-order chi connectivity index (χ1) is 8.70. The number of nitrogens with two attached hydrogens (primary N) is 2.